The summed E-state index contributed by atoms with van der Waals surface area (Å²) >= 11 is 0. The van der Waals surface area contributed by atoms with Crippen LogP contribution in [0.25, 0.3) is 0 Å². The number of unbranched alkanes of at least 4 members (excludes halogenated alkanes) is 2. The second kappa shape index (κ2) is 6.63. The number of alkyl halides is 1. The van der Waals surface area contributed by atoms with Crippen LogP contribution in [0, 0.1) is 5.92 Å². The van der Waals surface area contributed by atoms with Gasteiger partial charge in [0, 0.05) is 0 Å². The molecule has 0 radical (unpaired) electrons. The van der Waals surface area contributed by atoms with Gasteiger partial charge in [0.05, 0.1) is 6.17 Å². The molecule has 0 aromatic heterocycles. The fourth-order valence-corrected chi connectivity index (χ4v) is 1.15. The van der Waals surface area contributed by atoms with Crippen molar-refractivity contribution in [1.29, 1.82) is 0 Å². The molecule has 0 nitrogen and oxygen atoms in total. The first-order valence-electron chi connectivity index (χ1n) is 4.77. The average molecular weight is 160 g/mol. The topological polar surface area (TPSA) is 0 Å². The fraction of sp³-hybridized carbons (Fsp3) is 1.00. The van der Waals surface area contributed by atoms with E-state index in [2.05, 4.69) is 13.8 Å². The van der Waals surface area contributed by atoms with Crippen LogP contribution in [0.5, 0.6) is 0 Å². The maximum Gasteiger partial charge on any atom is 0.0973 e. The van der Waals surface area contributed by atoms with Crippen LogP contribution in [0.4, 0.5) is 4.39 Å². The van der Waals surface area contributed by atoms with Crippen LogP contribution in [0.3, 0.4) is 0 Å². The zero-order valence-corrected chi connectivity index (χ0v) is 8.07. The van der Waals surface area contributed by atoms with Crippen LogP contribution in [-0.2, 0) is 0 Å². The smallest absolute Gasteiger partial charge is 0.0973 e. The molecule has 1 heteroatoms. The summed E-state index contributed by atoms with van der Waals surface area (Å²) in [5, 5.41) is 0. The average Bonchev–Trinajstić information content (AvgIpc) is 1.85. The van der Waals surface area contributed by atoms with Crippen molar-refractivity contribution in [1.82, 2.24) is 0 Å². The van der Waals surface area contributed by atoms with Crippen molar-refractivity contribution in [2.45, 2.75) is 59.0 Å². The highest BCUT2D eigenvalue weighted by Gasteiger charge is 1.98. The Morgan fingerprint density at radius 3 is 1.91 bits per heavy atom. The Morgan fingerprint density at radius 1 is 0.909 bits per heavy atom. The molecule has 0 aromatic carbocycles. The van der Waals surface area contributed by atoms with Crippen molar-refractivity contribution >= 4 is 0 Å². The van der Waals surface area contributed by atoms with E-state index in [9.17, 15) is 4.39 Å². The SMILES string of the molecule is CC(C)CCCCC[C@H](C)F. The van der Waals surface area contributed by atoms with Gasteiger partial charge in [0.15, 0.2) is 0 Å². The van der Waals surface area contributed by atoms with E-state index in [-0.39, 0.29) is 0 Å². The van der Waals surface area contributed by atoms with Gasteiger partial charge in [-0.3, -0.25) is 0 Å². The molecule has 0 saturated carbocycles. The molecular weight excluding hydrogens is 139 g/mol. The van der Waals surface area contributed by atoms with E-state index in [4.69, 9.17) is 0 Å². The van der Waals surface area contributed by atoms with Crippen molar-refractivity contribution in [2.75, 3.05) is 0 Å². The molecule has 0 aliphatic carbocycles. The molecule has 0 aromatic rings. The maximum atomic E-state index is 12.3. The predicted octanol–water partition coefficient (Wildman–Crippen LogP) is 3.95. The van der Waals surface area contributed by atoms with Gasteiger partial charge in [-0.15, -0.1) is 0 Å². The van der Waals surface area contributed by atoms with E-state index in [0.29, 0.717) is 0 Å². The largest absolute Gasteiger partial charge is 0.248 e. The summed E-state index contributed by atoms with van der Waals surface area (Å²) in [6, 6.07) is 0. The van der Waals surface area contributed by atoms with Gasteiger partial charge >= 0.3 is 0 Å². The van der Waals surface area contributed by atoms with E-state index in [1.54, 1.807) is 6.92 Å². The third-order valence-electron chi connectivity index (χ3n) is 1.88. The van der Waals surface area contributed by atoms with E-state index in [1.807, 2.05) is 0 Å². The number of rotatable bonds is 6. The molecule has 0 aliphatic rings. The first-order chi connectivity index (χ1) is 5.13. The number of halogens is 1. The molecule has 0 fully saturated rings. The van der Waals surface area contributed by atoms with Crippen molar-refractivity contribution < 1.29 is 4.39 Å². The molecule has 0 heterocycles. The molecular formula is C10H21F. The van der Waals surface area contributed by atoms with Crippen molar-refractivity contribution in [3.05, 3.63) is 0 Å². The van der Waals surface area contributed by atoms with Crippen molar-refractivity contribution in [2.24, 2.45) is 5.92 Å². The van der Waals surface area contributed by atoms with E-state index < -0.39 is 6.17 Å². The number of hydrogen-bond donors (Lipinski definition) is 0. The van der Waals surface area contributed by atoms with Gasteiger partial charge in [0.1, 0.15) is 0 Å². The zero-order chi connectivity index (χ0) is 8.69. The van der Waals surface area contributed by atoms with Crippen LogP contribution < -0.4 is 0 Å². The van der Waals surface area contributed by atoms with Gasteiger partial charge in [-0.25, -0.2) is 4.39 Å². The highest BCUT2D eigenvalue weighted by molar-refractivity contribution is 4.51. The minimum atomic E-state index is -0.603. The van der Waals surface area contributed by atoms with Gasteiger partial charge in [-0.2, -0.15) is 0 Å². The second-order valence-corrected chi connectivity index (χ2v) is 3.81. The standard InChI is InChI=1S/C10H21F/c1-9(2)7-5-4-6-8-10(3)11/h9-10H,4-8H2,1-3H3/t10-/m0/s1. The highest BCUT2D eigenvalue weighted by Crippen LogP contribution is 2.11. The molecule has 0 N–H and O–H groups in total. The minimum Gasteiger partial charge on any atom is -0.248 e. The van der Waals surface area contributed by atoms with Crippen LogP contribution in [0.15, 0.2) is 0 Å². The Labute approximate surface area is 70.2 Å². The molecule has 0 unspecified atom stereocenters. The monoisotopic (exact) mass is 160 g/mol. The van der Waals surface area contributed by atoms with Crippen molar-refractivity contribution in [3.8, 4) is 0 Å². The summed E-state index contributed by atoms with van der Waals surface area (Å²) in [7, 11) is 0. The summed E-state index contributed by atoms with van der Waals surface area (Å²) in [4.78, 5) is 0. The normalized spacial score (nSPS) is 13.9. The Hall–Kier alpha value is -0.0700. The van der Waals surface area contributed by atoms with E-state index in [1.165, 1.54) is 19.3 Å². The third-order valence-corrected chi connectivity index (χ3v) is 1.88. The molecule has 0 bridgehead atoms. The lowest BCUT2D eigenvalue weighted by Gasteiger charge is -2.04. The Kier molecular flexibility index (Phi) is 6.59. The Balaban J connectivity index is 2.91. The highest BCUT2D eigenvalue weighted by atomic mass is 19.1. The molecule has 1 atom stereocenters. The molecule has 0 aliphatic heterocycles. The third kappa shape index (κ3) is 9.93. The van der Waals surface area contributed by atoms with E-state index in [0.717, 1.165) is 18.8 Å². The lowest BCUT2D eigenvalue weighted by Crippen LogP contribution is -1.92. The summed E-state index contributed by atoms with van der Waals surface area (Å²) in [6.07, 6.45) is 4.97. The van der Waals surface area contributed by atoms with E-state index >= 15 is 0 Å². The Morgan fingerprint density at radius 2 is 1.45 bits per heavy atom. The van der Waals surface area contributed by atoms with Gasteiger partial charge in [0.2, 0.25) is 0 Å². The summed E-state index contributed by atoms with van der Waals surface area (Å²) < 4.78 is 12.3. The summed E-state index contributed by atoms with van der Waals surface area (Å²) in [5.74, 6) is 0.804. The van der Waals surface area contributed by atoms with Crippen LogP contribution in [0.1, 0.15) is 52.9 Å². The van der Waals surface area contributed by atoms with Crippen LogP contribution in [-0.4, -0.2) is 6.17 Å². The van der Waals surface area contributed by atoms with Gasteiger partial charge in [-0.1, -0.05) is 39.5 Å². The lowest BCUT2D eigenvalue weighted by molar-refractivity contribution is 0.328. The Bertz CT molecular complexity index is 66.9. The molecule has 11 heavy (non-hydrogen) atoms. The van der Waals surface area contributed by atoms with Gasteiger partial charge in [-0.05, 0) is 19.3 Å². The van der Waals surface area contributed by atoms with Crippen LogP contribution >= 0.6 is 0 Å². The zero-order valence-electron chi connectivity index (χ0n) is 8.07. The van der Waals surface area contributed by atoms with Crippen molar-refractivity contribution in [3.63, 3.8) is 0 Å². The summed E-state index contributed by atoms with van der Waals surface area (Å²) in [5.41, 5.74) is 0. The molecule has 0 spiro atoms. The molecule has 0 amide bonds. The van der Waals surface area contributed by atoms with Gasteiger partial charge < -0.3 is 0 Å². The number of hydrogen-bond acceptors (Lipinski definition) is 0. The molecule has 0 saturated heterocycles. The molecule has 68 valence electrons. The quantitative estimate of drug-likeness (QED) is 0.516. The first-order valence-corrected chi connectivity index (χ1v) is 4.77. The van der Waals surface area contributed by atoms with Gasteiger partial charge in [0.25, 0.3) is 0 Å². The first kappa shape index (κ1) is 10.9. The molecule has 0 rings (SSSR count). The predicted molar refractivity (Wildman–Crippen MR) is 48.5 cm³/mol. The fourth-order valence-electron chi connectivity index (χ4n) is 1.15. The minimum absolute atomic E-state index is 0.603. The second-order valence-electron chi connectivity index (χ2n) is 3.81. The van der Waals surface area contributed by atoms with Crippen LogP contribution in [0.2, 0.25) is 0 Å². The lowest BCUT2D eigenvalue weighted by atomic mass is 10.0. The summed E-state index contributed by atoms with van der Waals surface area (Å²) in [6.45, 7) is 6.11. The maximum absolute atomic E-state index is 12.3.